The van der Waals surface area contributed by atoms with Gasteiger partial charge in [0.25, 0.3) is 0 Å². The normalized spacial score (nSPS) is 10.0. The second-order valence-electron chi connectivity index (χ2n) is 5.75. The Morgan fingerprint density at radius 2 is 1.64 bits per heavy atom. The molecule has 2 aromatic carbocycles. The Labute approximate surface area is 148 Å². The lowest BCUT2D eigenvalue weighted by molar-refractivity contribution is -0.114. The van der Waals surface area contributed by atoms with Crippen molar-refractivity contribution in [2.45, 2.75) is 13.3 Å². The Hall–Kier alpha value is -3.02. The molecule has 2 rings (SSSR count). The summed E-state index contributed by atoms with van der Waals surface area (Å²) in [5.74, 6) is -0.149. The Morgan fingerprint density at radius 1 is 0.960 bits per heavy atom. The third-order valence-electron chi connectivity index (χ3n) is 3.59. The van der Waals surface area contributed by atoms with E-state index in [9.17, 15) is 9.59 Å². The van der Waals surface area contributed by atoms with Crippen molar-refractivity contribution in [1.29, 1.82) is 0 Å². The minimum atomic E-state index is -0.262. The van der Waals surface area contributed by atoms with E-state index in [1.165, 1.54) is 6.92 Å². The molecule has 2 aromatic rings. The van der Waals surface area contributed by atoms with Crippen LogP contribution in [0.2, 0.25) is 0 Å². The fraction of sp³-hybridized carbons (Fsp3) is 0.263. The number of hydrogen-bond donors (Lipinski definition) is 3. The van der Waals surface area contributed by atoms with Crippen LogP contribution < -0.4 is 20.9 Å². The van der Waals surface area contributed by atoms with Crippen LogP contribution in [0.15, 0.2) is 54.6 Å². The molecular weight excluding hydrogens is 316 g/mol. The van der Waals surface area contributed by atoms with E-state index in [1.54, 1.807) is 24.3 Å². The third kappa shape index (κ3) is 6.55. The maximum atomic E-state index is 11.9. The van der Waals surface area contributed by atoms with Crippen LogP contribution in [-0.2, 0) is 4.79 Å². The van der Waals surface area contributed by atoms with Gasteiger partial charge in [-0.25, -0.2) is 4.79 Å². The quantitative estimate of drug-likeness (QED) is 0.677. The van der Waals surface area contributed by atoms with E-state index in [2.05, 4.69) is 33.0 Å². The number of nitrogens with one attached hydrogen (secondary N) is 3. The molecule has 3 amide bonds. The van der Waals surface area contributed by atoms with Gasteiger partial charge in [0.2, 0.25) is 5.91 Å². The molecule has 0 aliphatic heterocycles. The standard InChI is InChI=1S/C19H24N4O2/c1-15(24)21-16-8-6-9-17(14-16)22-19(25)20-12-7-13-23(2)18-10-4-3-5-11-18/h3-6,8-11,14H,7,12-13H2,1-2H3,(H,21,24)(H2,20,22,25). The van der Waals surface area contributed by atoms with Crippen molar-refractivity contribution in [3.63, 3.8) is 0 Å². The van der Waals surface area contributed by atoms with E-state index in [0.717, 1.165) is 18.7 Å². The smallest absolute Gasteiger partial charge is 0.319 e. The van der Waals surface area contributed by atoms with E-state index in [4.69, 9.17) is 0 Å². The number of rotatable bonds is 7. The van der Waals surface area contributed by atoms with Crippen molar-refractivity contribution in [2.24, 2.45) is 0 Å². The fourth-order valence-corrected chi connectivity index (χ4v) is 2.38. The SMILES string of the molecule is CC(=O)Nc1cccc(NC(=O)NCCCN(C)c2ccccc2)c1. The first-order chi connectivity index (χ1) is 12.0. The molecule has 0 radical (unpaired) electrons. The van der Waals surface area contributed by atoms with E-state index < -0.39 is 0 Å². The second kappa shape index (κ2) is 9.32. The van der Waals surface area contributed by atoms with Crippen molar-refractivity contribution >= 4 is 29.0 Å². The molecule has 0 aliphatic rings. The van der Waals surface area contributed by atoms with Gasteiger partial charge < -0.3 is 20.9 Å². The molecule has 3 N–H and O–H groups in total. The first kappa shape index (κ1) is 18.3. The highest BCUT2D eigenvalue weighted by Gasteiger charge is 2.04. The lowest BCUT2D eigenvalue weighted by Crippen LogP contribution is -2.31. The predicted octanol–water partition coefficient (Wildman–Crippen LogP) is 3.29. The molecule has 0 spiro atoms. The monoisotopic (exact) mass is 340 g/mol. The topological polar surface area (TPSA) is 73.5 Å². The maximum absolute atomic E-state index is 11.9. The largest absolute Gasteiger partial charge is 0.375 e. The minimum Gasteiger partial charge on any atom is -0.375 e. The van der Waals surface area contributed by atoms with Crippen molar-refractivity contribution in [3.05, 3.63) is 54.6 Å². The number of carbonyl (C=O) groups excluding carboxylic acids is 2. The molecule has 0 unspecified atom stereocenters. The summed E-state index contributed by atoms with van der Waals surface area (Å²) in [5.41, 5.74) is 2.43. The molecule has 0 bridgehead atoms. The highest BCUT2D eigenvalue weighted by Crippen LogP contribution is 2.15. The van der Waals surface area contributed by atoms with Gasteiger partial charge in [0.05, 0.1) is 0 Å². The van der Waals surface area contributed by atoms with Crippen LogP contribution in [0.4, 0.5) is 21.9 Å². The Balaban J connectivity index is 1.71. The van der Waals surface area contributed by atoms with Gasteiger partial charge in [0.1, 0.15) is 0 Å². The van der Waals surface area contributed by atoms with Gasteiger partial charge in [0.15, 0.2) is 0 Å². The molecule has 0 fully saturated rings. The van der Waals surface area contributed by atoms with Gasteiger partial charge in [-0.05, 0) is 36.8 Å². The number of hydrogen-bond acceptors (Lipinski definition) is 3. The van der Waals surface area contributed by atoms with Crippen LogP contribution in [0, 0.1) is 0 Å². The molecule has 0 aromatic heterocycles. The Morgan fingerprint density at radius 3 is 2.32 bits per heavy atom. The van der Waals surface area contributed by atoms with E-state index in [1.807, 2.05) is 25.2 Å². The molecule has 0 heterocycles. The summed E-state index contributed by atoms with van der Waals surface area (Å²) < 4.78 is 0. The predicted molar refractivity (Wildman–Crippen MR) is 102 cm³/mol. The summed E-state index contributed by atoms with van der Waals surface area (Å²) >= 11 is 0. The van der Waals surface area contributed by atoms with Gasteiger partial charge >= 0.3 is 6.03 Å². The number of anilines is 3. The highest BCUT2D eigenvalue weighted by molar-refractivity contribution is 5.92. The summed E-state index contributed by atoms with van der Waals surface area (Å²) in [6.45, 7) is 2.87. The molecule has 0 aliphatic carbocycles. The number of benzene rings is 2. The van der Waals surface area contributed by atoms with E-state index >= 15 is 0 Å². The second-order valence-corrected chi connectivity index (χ2v) is 5.75. The summed E-state index contributed by atoms with van der Waals surface area (Å²) in [5, 5.41) is 8.28. The zero-order chi connectivity index (χ0) is 18.1. The van der Waals surface area contributed by atoms with Gasteiger partial charge in [-0.2, -0.15) is 0 Å². The number of amides is 3. The zero-order valence-corrected chi connectivity index (χ0v) is 14.6. The lowest BCUT2D eigenvalue weighted by Gasteiger charge is -2.19. The number of nitrogens with zero attached hydrogens (tertiary/aromatic N) is 1. The van der Waals surface area contributed by atoms with Crippen molar-refractivity contribution in [3.8, 4) is 0 Å². The van der Waals surface area contributed by atoms with Gasteiger partial charge in [-0.15, -0.1) is 0 Å². The number of para-hydroxylation sites is 1. The van der Waals surface area contributed by atoms with Crippen LogP contribution in [0.3, 0.4) is 0 Å². The molecule has 6 nitrogen and oxygen atoms in total. The zero-order valence-electron chi connectivity index (χ0n) is 14.6. The minimum absolute atomic E-state index is 0.149. The first-order valence-corrected chi connectivity index (χ1v) is 8.23. The number of urea groups is 1. The first-order valence-electron chi connectivity index (χ1n) is 8.23. The fourth-order valence-electron chi connectivity index (χ4n) is 2.38. The average Bonchev–Trinajstić information content (AvgIpc) is 2.59. The van der Waals surface area contributed by atoms with Crippen LogP contribution >= 0.6 is 0 Å². The van der Waals surface area contributed by atoms with Crippen LogP contribution in [-0.4, -0.2) is 32.1 Å². The summed E-state index contributed by atoms with van der Waals surface area (Å²) in [6.07, 6.45) is 0.838. The van der Waals surface area contributed by atoms with Crippen molar-refractivity contribution in [1.82, 2.24) is 5.32 Å². The highest BCUT2D eigenvalue weighted by atomic mass is 16.2. The molecule has 0 saturated heterocycles. The summed E-state index contributed by atoms with van der Waals surface area (Å²) in [4.78, 5) is 25.2. The molecular formula is C19H24N4O2. The molecule has 132 valence electrons. The number of carbonyl (C=O) groups is 2. The molecule has 25 heavy (non-hydrogen) atoms. The van der Waals surface area contributed by atoms with Crippen LogP contribution in [0.25, 0.3) is 0 Å². The Bertz CT molecular complexity index is 704. The lowest BCUT2D eigenvalue weighted by atomic mass is 10.2. The summed E-state index contributed by atoms with van der Waals surface area (Å²) in [6, 6.07) is 16.9. The van der Waals surface area contributed by atoms with Crippen molar-refractivity contribution < 1.29 is 9.59 Å². The van der Waals surface area contributed by atoms with Gasteiger partial charge in [-0.3, -0.25) is 4.79 Å². The van der Waals surface area contributed by atoms with Crippen LogP contribution in [0.1, 0.15) is 13.3 Å². The van der Waals surface area contributed by atoms with Crippen molar-refractivity contribution in [2.75, 3.05) is 35.7 Å². The molecule has 0 atom stereocenters. The van der Waals surface area contributed by atoms with Crippen LogP contribution in [0.5, 0.6) is 0 Å². The van der Waals surface area contributed by atoms with E-state index in [-0.39, 0.29) is 11.9 Å². The van der Waals surface area contributed by atoms with Gasteiger partial charge in [-0.1, -0.05) is 24.3 Å². The third-order valence-corrected chi connectivity index (χ3v) is 3.59. The molecule has 6 heteroatoms. The average molecular weight is 340 g/mol. The van der Waals surface area contributed by atoms with Gasteiger partial charge in [0, 0.05) is 44.1 Å². The summed E-state index contributed by atoms with van der Waals surface area (Å²) in [7, 11) is 2.03. The maximum Gasteiger partial charge on any atom is 0.319 e. The van der Waals surface area contributed by atoms with E-state index in [0.29, 0.717) is 17.9 Å². The molecule has 0 saturated carbocycles. The Kier molecular flexibility index (Phi) is 6.83.